The number of hydrogen-bond acceptors (Lipinski definition) is 4. The molecular weight excluding hydrogens is 276 g/mol. The van der Waals surface area contributed by atoms with Crippen LogP contribution in [0.4, 0.5) is 17.6 Å². The number of H-pyrrole nitrogens is 1. The van der Waals surface area contributed by atoms with E-state index >= 15 is 0 Å². The SMILES string of the molecule is O=c1[nH]nnn1-c1ccc(SC(F)(F)F)c(F)c1. The standard InChI is InChI=1S/C8H4F4N4OS/c9-5-3-4(16-7(17)13-14-15-16)1-2-6(5)18-8(10,11)12/h1-3H,(H,13,15,17). The summed E-state index contributed by atoms with van der Waals surface area (Å²) < 4.78 is 50.4. The molecule has 1 aromatic heterocycles. The lowest BCUT2D eigenvalue weighted by Crippen LogP contribution is -2.16. The van der Waals surface area contributed by atoms with Gasteiger partial charge in [-0.2, -0.15) is 17.9 Å². The topological polar surface area (TPSA) is 63.6 Å². The average molecular weight is 280 g/mol. The van der Waals surface area contributed by atoms with Gasteiger partial charge in [0.25, 0.3) is 0 Å². The first-order chi connectivity index (χ1) is 8.37. The Bertz CT molecular complexity index is 620. The molecule has 2 rings (SSSR count). The highest BCUT2D eigenvalue weighted by atomic mass is 32.2. The molecule has 0 radical (unpaired) electrons. The number of aromatic nitrogens is 4. The Labute approximate surface area is 101 Å². The Morgan fingerprint density at radius 2 is 2.06 bits per heavy atom. The van der Waals surface area contributed by atoms with Crippen LogP contribution in [0.25, 0.3) is 5.69 Å². The Balaban J connectivity index is 2.37. The molecule has 0 fully saturated rings. The number of nitrogens with zero attached hydrogens (tertiary/aromatic N) is 3. The normalized spacial score (nSPS) is 11.8. The molecule has 1 heterocycles. The Morgan fingerprint density at radius 3 is 2.56 bits per heavy atom. The van der Waals surface area contributed by atoms with E-state index in [0.29, 0.717) is 0 Å². The Hall–Kier alpha value is -1.84. The number of alkyl halides is 3. The van der Waals surface area contributed by atoms with Crippen LogP contribution in [0.1, 0.15) is 0 Å². The van der Waals surface area contributed by atoms with Crippen LogP contribution in [0, 0.1) is 5.82 Å². The summed E-state index contributed by atoms with van der Waals surface area (Å²) in [5.74, 6) is -1.09. The van der Waals surface area contributed by atoms with Crippen LogP contribution in [0.5, 0.6) is 0 Å². The predicted molar refractivity (Wildman–Crippen MR) is 53.8 cm³/mol. The van der Waals surface area contributed by atoms with Crippen molar-refractivity contribution in [2.45, 2.75) is 10.4 Å². The van der Waals surface area contributed by atoms with Crippen molar-refractivity contribution in [3.8, 4) is 5.69 Å². The first-order valence-electron chi connectivity index (χ1n) is 4.43. The number of hydrogen-bond donors (Lipinski definition) is 1. The summed E-state index contributed by atoms with van der Waals surface area (Å²) in [6, 6.07) is 2.84. The van der Waals surface area contributed by atoms with Crippen LogP contribution >= 0.6 is 11.8 Å². The van der Waals surface area contributed by atoms with Crippen molar-refractivity contribution in [1.29, 1.82) is 0 Å². The van der Waals surface area contributed by atoms with Gasteiger partial charge >= 0.3 is 11.2 Å². The summed E-state index contributed by atoms with van der Waals surface area (Å²) in [6.45, 7) is 0. The van der Waals surface area contributed by atoms with E-state index in [9.17, 15) is 22.4 Å². The first-order valence-corrected chi connectivity index (χ1v) is 5.24. The van der Waals surface area contributed by atoms with Gasteiger partial charge in [-0.1, -0.05) is 0 Å². The van der Waals surface area contributed by atoms with E-state index in [1.165, 1.54) is 0 Å². The smallest absolute Gasteiger partial charge is 0.244 e. The number of aromatic amines is 1. The van der Waals surface area contributed by atoms with Gasteiger partial charge in [-0.05, 0) is 34.3 Å². The highest BCUT2D eigenvalue weighted by molar-refractivity contribution is 8.00. The lowest BCUT2D eigenvalue weighted by Gasteiger charge is -2.07. The fourth-order valence-corrected chi connectivity index (χ4v) is 1.74. The zero-order valence-corrected chi connectivity index (χ0v) is 9.22. The quantitative estimate of drug-likeness (QED) is 0.672. The maximum absolute atomic E-state index is 13.4. The number of halogens is 4. The second-order valence-electron chi connectivity index (χ2n) is 3.08. The van der Waals surface area contributed by atoms with Gasteiger partial charge in [-0.3, -0.25) is 0 Å². The predicted octanol–water partition coefficient (Wildman–Crippen LogP) is 1.71. The third-order valence-electron chi connectivity index (χ3n) is 1.86. The molecule has 0 aliphatic carbocycles. The minimum absolute atomic E-state index is 0.0159. The molecule has 96 valence electrons. The zero-order chi connectivity index (χ0) is 13.3. The van der Waals surface area contributed by atoms with Gasteiger partial charge in [0.15, 0.2) is 0 Å². The molecule has 18 heavy (non-hydrogen) atoms. The summed E-state index contributed by atoms with van der Waals surface area (Å²) in [5.41, 5.74) is -5.31. The molecule has 0 aliphatic heterocycles. The van der Waals surface area contributed by atoms with Crippen LogP contribution in [0.15, 0.2) is 27.9 Å². The van der Waals surface area contributed by atoms with Crippen LogP contribution in [0.3, 0.4) is 0 Å². The minimum atomic E-state index is -4.58. The van der Waals surface area contributed by atoms with Gasteiger partial charge in [-0.25, -0.2) is 14.3 Å². The molecule has 0 atom stereocenters. The molecule has 1 aromatic carbocycles. The number of rotatable bonds is 2. The van der Waals surface area contributed by atoms with E-state index in [1.807, 2.05) is 5.10 Å². The van der Waals surface area contributed by atoms with Gasteiger partial charge in [0.2, 0.25) is 0 Å². The monoisotopic (exact) mass is 280 g/mol. The summed E-state index contributed by atoms with van der Waals surface area (Å²) in [7, 11) is 0. The van der Waals surface area contributed by atoms with E-state index in [4.69, 9.17) is 0 Å². The van der Waals surface area contributed by atoms with E-state index in [0.717, 1.165) is 22.9 Å². The lowest BCUT2D eigenvalue weighted by molar-refractivity contribution is -0.0329. The zero-order valence-electron chi connectivity index (χ0n) is 8.40. The second-order valence-corrected chi connectivity index (χ2v) is 4.19. The van der Waals surface area contributed by atoms with Gasteiger partial charge in [0, 0.05) is 6.07 Å². The summed E-state index contributed by atoms with van der Waals surface area (Å²) in [4.78, 5) is 10.5. The molecule has 0 saturated heterocycles. The maximum Gasteiger partial charge on any atom is 0.446 e. The summed E-state index contributed by atoms with van der Waals surface area (Å²) in [6.07, 6.45) is 0. The Morgan fingerprint density at radius 1 is 1.33 bits per heavy atom. The molecule has 10 heteroatoms. The Kier molecular flexibility index (Phi) is 3.11. The van der Waals surface area contributed by atoms with Crippen LogP contribution in [-0.2, 0) is 0 Å². The van der Waals surface area contributed by atoms with Crippen LogP contribution < -0.4 is 5.69 Å². The molecule has 0 spiro atoms. The van der Waals surface area contributed by atoms with Crippen LogP contribution in [0.2, 0.25) is 0 Å². The number of benzene rings is 1. The van der Waals surface area contributed by atoms with E-state index < -0.39 is 33.7 Å². The number of thioether (sulfide) groups is 1. The summed E-state index contributed by atoms with van der Waals surface area (Å²) in [5, 5.41) is 8.49. The van der Waals surface area contributed by atoms with Crippen molar-refractivity contribution in [2.24, 2.45) is 0 Å². The van der Waals surface area contributed by atoms with Crippen molar-refractivity contribution in [3.63, 3.8) is 0 Å². The lowest BCUT2D eigenvalue weighted by atomic mass is 10.3. The molecule has 1 N–H and O–H groups in total. The highest BCUT2D eigenvalue weighted by Gasteiger charge is 2.30. The van der Waals surface area contributed by atoms with Crippen LogP contribution in [-0.4, -0.2) is 25.7 Å². The fraction of sp³-hybridized carbons (Fsp3) is 0.125. The third-order valence-corrected chi connectivity index (χ3v) is 2.64. The maximum atomic E-state index is 13.4. The highest BCUT2D eigenvalue weighted by Crippen LogP contribution is 2.38. The van der Waals surface area contributed by atoms with Crippen molar-refractivity contribution < 1.29 is 17.6 Å². The molecule has 0 aliphatic rings. The van der Waals surface area contributed by atoms with Gasteiger partial charge in [0.05, 0.1) is 10.6 Å². The van der Waals surface area contributed by atoms with Crippen molar-refractivity contribution >= 4 is 11.8 Å². The van der Waals surface area contributed by atoms with Crippen molar-refractivity contribution in [2.75, 3.05) is 0 Å². The van der Waals surface area contributed by atoms with Gasteiger partial charge in [0.1, 0.15) is 5.82 Å². The number of tetrazole rings is 1. The van der Waals surface area contributed by atoms with E-state index in [1.54, 1.807) is 0 Å². The fourth-order valence-electron chi connectivity index (χ4n) is 1.20. The number of nitrogens with one attached hydrogen (secondary N) is 1. The van der Waals surface area contributed by atoms with Gasteiger partial charge in [-0.15, -0.1) is 0 Å². The molecule has 0 amide bonds. The van der Waals surface area contributed by atoms with E-state index in [2.05, 4.69) is 10.4 Å². The molecule has 0 saturated carbocycles. The molecular formula is C8H4F4N4OS. The largest absolute Gasteiger partial charge is 0.446 e. The molecule has 0 bridgehead atoms. The third kappa shape index (κ3) is 2.70. The second kappa shape index (κ2) is 4.44. The minimum Gasteiger partial charge on any atom is -0.244 e. The summed E-state index contributed by atoms with van der Waals surface area (Å²) >= 11 is -0.569. The molecule has 0 unspecified atom stereocenters. The van der Waals surface area contributed by atoms with Gasteiger partial charge < -0.3 is 0 Å². The van der Waals surface area contributed by atoms with E-state index in [-0.39, 0.29) is 5.69 Å². The first kappa shape index (κ1) is 12.6. The van der Waals surface area contributed by atoms with Crippen molar-refractivity contribution in [3.05, 3.63) is 34.5 Å². The average Bonchev–Trinajstić information content (AvgIpc) is 2.66. The van der Waals surface area contributed by atoms with Crippen molar-refractivity contribution in [1.82, 2.24) is 20.2 Å². The molecule has 2 aromatic rings. The molecule has 5 nitrogen and oxygen atoms in total.